The summed E-state index contributed by atoms with van der Waals surface area (Å²) in [6.07, 6.45) is 6.57. The smallest absolute Gasteiger partial charge is 0.269 e. The van der Waals surface area contributed by atoms with Gasteiger partial charge in [0.15, 0.2) is 0 Å². The Morgan fingerprint density at radius 1 is 1.22 bits per heavy atom. The number of carbonyl (C=O) groups is 1. The highest BCUT2D eigenvalue weighted by Crippen LogP contribution is 2.34. The van der Waals surface area contributed by atoms with E-state index in [1.165, 1.54) is 39.2 Å². The van der Waals surface area contributed by atoms with Gasteiger partial charge in [0, 0.05) is 39.3 Å². The van der Waals surface area contributed by atoms with Crippen molar-refractivity contribution in [1.82, 2.24) is 15.2 Å². The van der Waals surface area contributed by atoms with Crippen LogP contribution in [0.1, 0.15) is 56.4 Å². The summed E-state index contributed by atoms with van der Waals surface area (Å²) in [5, 5.41) is 2.47. The van der Waals surface area contributed by atoms with Gasteiger partial charge in [-0.25, -0.2) is 4.98 Å². The van der Waals surface area contributed by atoms with Gasteiger partial charge in [-0.3, -0.25) is 9.69 Å². The lowest BCUT2D eigenvalue weighted by atomic mass is 9.77. The van der Waals surface area contributed by atoms with Crippen molar-refractivity contribution in [2.45, 2.75) is 52.0 Å². The molecule has 1 aromatic rings. The van der Waals surface area contributed by atoms with Crippen LogP contribution in [0.2, 0.25) is 0 Å². The third-order valence-corrected chi connectivity index (χ3v) is 6.65. The van der Waals surface area contributed by atoms with Crippen molar-refractivity contribution in [1.29, 1.82) is 0 Å². The Morgan fingerprint density at radius 3 is 2.44 bits per heavy atom. The average molecular weight is 377 g/mol. The number of rotatable bonds is 5. The lowest BCUT2D eigenvalue weighted by Gasteiger charge is -2.43. The third kappa shape index (κ3) is 4.60. The Morgan fingerprint density at radius 2 is 1.89 bits per heavy atom. The van der Waals surface area contributed by atoms with Crippen molar-refractivity contribution >= 4 is 11.6 Å². The molecule has 0 spiro atoms. The molecule has 0 radical (unpaired) electrons. The van der Waals surface area contributed by atoms with Gasteiger partial charge in [-0.05, 0) is 49.7 Å². The number of hydrogen-bond acceptors (Lipinski definition) is 4. The zero-order chi connectivity index (χ0) is 19.4. The van der Waals surface area contributed by atoms with Crippen molar-refractivity contribution in [2.24, 2.45) is 11.8 Å². The van der Waals surface area contributed by atoms with Gasteiger partial charge in [-0.2, -0.15) is 4.39 Å². The summed E-state index contributed by atoms with van der Waals surface area (Å²) in [6.45, 7) is 8.24. The minimum Gasteiger partial charge on any atom is -0.365 e. The van der Waals surface area contributed by atoms with Crippen LogP contribution in [-0.2, 0) is 0 Å². The number of pyridine rings is 1. The van der Waals surface area contributed by atoms with Gasteiger partial charge in [0.05, 0.1) is 5.69 Å². The second kappa shape index (κ2) is 9.00. The molecule has 1 atom stereocenters. The Labute approximate surface area is 162 Å². The van der Waals surface area contributed by atoms with Crippen molar-refractivity contribution in [3.05, 3.63) is 23.8 Å². The van der Waals surface area contributed by atoms with E-state index in [4.69, 9.17) is 0 Å². The summed E-state index contributed by atoms with van der Waals surface area (Å²) < 4.78 is 14.4. The molecule has 1 aliphatic heterocycles. The lowest BCUT2D eigenvalue weighted by molar-refractivity contribution is 0.0957. The van der Waals surface area contributed by atoms with Gasteiger partial charge in [-0.1, -0.05) is 20.3 Å². The minimum atomic E-state index is -0.557. The van der Waals surface area contributed by atoms with Crippen LogP contribution in [0.25, 0.3) is 0 Å². The molecule has 2 fully saturated rings. The molecule has 0 aromatic carbocycles. The first-order valence-corrected chi connectivity index (χ1v) is 10.4. The van der Waals surface area contributed by atoms with Crippen molar-refractivity contribution in [3.63, 3.8) is 0 Å². The molecule has 1 aliphatic carbocycles. The average Bonchev–Trinajstić information content (AvgIpc) is 2.72. The van der Waals surface area contributed by atoms with E-state index in [9.17, 15) is 9.18 Å². The summed E-state index contributed by atoms with van der Waals surface area (Å²) in [5.41, 5.74) is 0.623. The fourth-order valence-corrected chi connectivity index (χ4v) is 4.61. The topological polar surface area (TPSA) is 48.5 Å². The maximum absolute atomic E-state index is 14.4. The number of hydrogen-bond donors (Lipinski definition) is 1. The van der Waals surface area contributed by atoms with E-state index in [-0.39, 0.29) is 11.6 Å². The second-order valence-electron chi connectivity index (χ2n) is 8.06. The number of anilines is 1. The molecular weight excluding hydrogens is 343 g/mol. The van der Waals surface area contributed by atoms with Gasteiger partial charge in [-0.15, -0.1) is 0 Å². The quantitative estimate of drug-likeness (QED) is 0.801. The molecule has 5 nitrogen and oxygen atoms in total. The normalized spacial score (nSPS) is 25.3. The molecule has 1 saturated carbocycles. The molecule has 2 aliphatic rings. The van der Waals surface area contributed by atoms with Crippen LogP contribution in [0.3, 0.4) is 0 Å². The first-order chi connectivity index (χ1) is 13.0. The third-order valence-electron chi connectivity index (χ3n) is 6.65. The first kappa shape index (κ1) is 20.1. The monoisotopic (exact) mass is 376 g/mol. The molecule has 27 heavy (non-hydrogen) atoms. The highest BCUT2D eigenvalue weighted by molar-refractivity contribution is 5.92. The molecule has 150 valence electrons. The summed E-state index contributed by atoms with van der Waals surface area (Å²) in [5.74, 6) is 0.819. The van der Waals surface area contributed by atoms with Crippen molar-refractivity contribution in [2.75, 3.05) is 38.1 Å². The Bertz CT molecular complexity index is 637. The molecule has 3 rings (SSSR count). The summed E-state index contributed by atoms with van der Waals surface area (Å²) >= 11 is 0. The molecule has 1 N–H and O–H groups in total. The van der Waals surface area contributed by atoms with Gasteiger partial charge in [0.2, 0.25) is 5.95 Å². The van der Waals surface area contributed by atoms with Crippen LogP contribution in [0, 0.1) is 17.8 Å². The maximum atomic E-state index is 14.4. The Kier molecular flexibility index (Phi) is 6.68. The summed E-state index contributed by atoms with van der Waals surface area (Å²) in [6, 6.07) is 3.96. The fourth-order valence-electron chi connectivity index (χ4n) is 4.61. The van der Waals surface area contributed by atoms with Crippen LogP contribution in [0.5, 0.6) is 0 Å². The Hall–Kier alpha value is -1.69. The zero-order valence-electron chi connectivity index (χ0n) is 16.9. The van der Waals surface area contributed by atoms with E-state index in [0.717, 1.165) is 38.0 Å². The highest BCUT2D eigenvalue weighted by Gasteiger charge is 2.30. The summed E-state index contributed by atoms with van der Waals surface area (Å²) in [7, 11) is 1.52. The van der Waals surface area contributed by atoms with Crippen LogP contribution < -0.4 is 10.2 Å². The highest BCUT2D eigenvalue weighted by atomic mass is 19.1. The van der Waals surface area contributed by atoms with Crippen LogP contribution in [0.15, 0.2) is 12.1 Å². The minimum absolute atomic E-state index is 0.121. The number of aromatic nitrogens is 1. The number of piperazine rings is 1. The molecule has 2 heterocycles. The second-order valence-corrected chi connectivity index (χ2v) is 8.06. The molecular formula is C21H33FN4O. The molecule has 6 heteroatoms. The molecule has 1 aromatic heterocycles. The largest absolute Gasteiger partial charge is 0.365 e. The van der Waals surface area contributed by atoms with E-state index in [1.807, 2.05) is 0 Å². The number of nitrogens with zero attached hydrogens (tertiary/aromatic N) is 3. The molecule has 1 unspecified atom stereocenters. The van der Waals surface area contributed by atoms with E-state index in [0.29, 0.717) is 11.7 Å². The number of carbonyl (C=O) groups excluding carboxylic acids is 1. The van der Waals surface area contributed by atoms with E-state index >= 15 is 0 Å². The standard InChI is InChI=1S/C21H33FN4O/c1-4-15(2)16-5-7-17(8-6-16)25-11-13-26(14-12-25)19-10-9-18(21(27)23-3)24-20(19)22/h9-10,15-17H,4-8,11-14H2,1-3H3,(H,23,27). The Balaban J connectivity index is 1.53. The van der Waals surface area contributed by atoms with Crippen LogP contribution >= 0.6 is 0 Å². The van der Waals surface area contributed by atoms with Gasteiger partial charge < -0.3 is 10.2 Å². The number of halogens is 1. The zero-order valence-corrected chi connectivity index (χ0v) is 16.9. The first-order valence-electron chi connectivity index (χ1n) is 10.4. The van der Waals surface area contributed by atoms with Gasteiger partial charge in [0.1, 0.15) is 5.69 Å². The van der Waals surface area contributed by atoms with Crippen LogP contribution in [-0.4, -0.2) is 55.1 Å². The van der Waals surface area contributed by atoms with Crippen molar-refractivity contribution in [3.8, 4) is 0 Å². The maximum Gasteiger partial charge on any atom is 0.269 e. The van der Waals surface area contributed by atoms with E-state index in [1.54, 1.807) is 12.1 Å². The summed E-state index contributed by atoms with van der Waals surface area (Å²) in [4.78, 5) is 20.1. The van der Waals surface area contributed by atoms with Crippen molar-refractivity contribution < 1.29 is 9.18 Å². The number of nitrogens with one attached hydrogen (secondary N) is 1. The van der Waals surface area contributed by atoms with E-state index < -0.39 is 5.95 Å². The molecule has 0 bridgehead atoms. The van der Waals surface area contributed by atoms with Gasteiger partial charge >= 0.3 is 0 Å². The van der Waals surface area contributed by atoms with Crippen LogP contribution in [0.4, 0.5) is 10.1 Å². The van der Waals surface area contributed by atoms with E-state index in [2.05, 4.69) is 33.9 Å². The fraction of sp³-hybridized carbons (Fsp3) is 0.714. The SMILES string of the molecule is CCC(C)C1CCC(N2CCN(c3ccc(C(=O)NC)nc3F)CC2)CC1. The molecule has 1 amide bonds. The predicted octanol–water partition coefficient (Wildman–Crippen LogP) is 3.31. The number of amides is 1. The lowest BCUT2D eigenvalue weighted by Crippen LogP contribution is -2.51. The van der Waals surface area contributed by atoms with Gasteiger partial charge in [0.25, 0.3) is 5.91 Å². The predicted molar refractivity (Wildman–Crippen MR) is 107 cm³/mol. The molecule has 1 saturated heterocycles.